The molecule has 3 rings (SSSR count). The lowest BCUT2D eigenvalue weighted by Gasteiger charge is -2.33. The molecule has 1 aliphatic heterocycles. The molecule has 0 saturated carbocycles. The van der Waals surface area contributed by atoms with E-state index in [4.69, 9.17) is 4.74 Å². The Balaban J connectivity index is 1.97. The first-order valence-corrected chi connectivity index (χ1v) is 11.2. The van der Waals surface area contributed by atoms with E-state index in [2.05, 4.69) is 9.97 Å². The predicted molar refractivity (Wildman–Crippen MR) is 130 cm³/mol. The summed E-state index contributed by atoms with van der Waals surface area (Å²) >= 11 is 0. The molecule has 1 fully saturated rings. The number of hydrogen-bond donors (Lipinski definition) is 1. The number of ether oxygens (including phenoxy) is 1. The molecular weight excluding hydrogens is 456 g/mol. The summed E-state index contributed by atoms with van der Waals surface area (Å²) < 4.78 is 5.53. The van der Waals surface area contributed by atoms with Gasteiger partial charge in [-0.3, -0.25) is 15.0 Å². The van der Waals surface area contributed by atoms with Crippen molar-refractivity contribution in [2.24, 2.45) is 0 Å². The summed E-state index contributed by atoms with van der Waals surface area (Å²) in [7, 11) is 0. The van der Waals surface area contributed by atoms with E-state index in [-0.39, 0.29) is 24.8 Å². The normalized spacial score (nSPS) is 14.1. The molecule has 0 unspecified atom stereocenters. The molecule has 2 amide bonds. The molecule has 12 nitrogen and oxygen atoms in total. The Kier molecular flexibility index (Phi) is 7.42. The Morgan fingerprint density at radius 3 is 2.37 bits per heavy atom. The molecule has 3 heterocycles. The molecule has 1 N–H and O–H groups in total. The van der Waals surface area contributed by atoms with E-state index < -0.39 is 22.7 Å². The number of anilines is 2. The number of nitro groups is 1. The third kappa shape index (κ3) is 6.34. The minimum absolute atomic E-state index is 0.142. The lowest BCUT2D eigenvalue weighted by atomic mass is 10.1. The van der Waals surface area contributed by atoms with Gasteiger partial charge in [0.05, 0.1) is 16.7 Å². The van der Waals surface area contributed by atoms with Gasteiger partial charge in [-0.05, 0) is 46.8 Å². The Labute approximate surface area is 203 Å². The maximum absolute atomic E-state index is 12.8. The van der Waals surface area contributed by atoms with Crippen molar-refractivity contribution in [1.82, 2.24) is 14.9 Å². The van der Waals surface area contributed by atoms with Crippen LogP contribution in [0.5, 0.6) is 0 Å². The fourth-order valence-corrected chi connectivity index (χ4v) is 3.63. The minimum Gasteiger partial charge on any atom is -0.465 e. The maximum atomic E-state index is 12.8. The summed E-state index contributed by atoms with van der Waals surface area (Å²) in [5.74, 6) is 0.710. The topological polar surface area (TPSA) is 142 Å². The van der Waals surface area contributed by atoms with Gasteiger partial charge in [-0.1, -0.05) is 0 Å². The van der Waals surface area contributed by atoms with Gasteiger partial charge < -0.3 is 19.6 Å². The van der Waals surface area contributed by atoms with Crippen LogP contribution in [-0.4, -0.2) is 74.9 Å². The smallest absolute Gasteiger partial charge is 0.416 e. The molecule has 0 radical (unpaired) electrons. The average molecular weight is 487 g/mol. The molecule has 35 heavy (non-hydrogen) atoms. The highest BCUT2D eigenvalue weighted by atomic mass is 16.6. The number of rotatable bonds is 5. The summed E-state index contributed by atoms with van der Waals surface area (Å²) in [6.45, 7) is 10.3. The molecule has 0 spiro atoms. The first kappa shape index (κ1) is 25.7. The van der Waals surface area contributed by atoms with Crippen molar-refractivity contribution in [2.45, 2.75) is 46.3 Å². The minimum atomic E-state index is -0.999. The van der Waals surface area contributed by atoms with E-state index in [1.165, 1.54) is 28.1 Å². The van der Waals surface area contributed by atoms with Crippen LogP contribution in [0.2, 0.25) is 0 Å². The van der Waals surface area contributed by atoms with Crippen molar-refractivity contribution < 1.29 is 24.4 Å². The molecule has 2 aromatic heterocycles. The molecular formula is C23H30N6O6. The van der Waals surface area contributed by atoms with Crippen LogP contribution in [0.25, 0.3) is 11.3 Å². The lowest BCUT2D eigenvalue weighted by Crippen LogP contribution is -2.48. The van der Waals surface area contributed by atoms with Gasteiger partial charge >= 0.3 is 12.2 Å². The summed E-state index contributed by atoms with van der Waals surface area (Å²) in [5, 5.41) is 20.8. The maximum Gasteiger partial charge on any atom is 0.416 e. The fourth-order valence-electron chi connectivity index (χ4n) is 3.63. The number of carbonyl (C=O) groups is 2. The largest absolute Gasteiger partial charge is 0.465 e. The molecule has 0 bridgehead atoms. The summed E-state index contributed by atoms with van der Waals surface area (Å²) in [6, 6.07) is 5.79. The zero-order valence-electron chi connectivity index (χ0n) is 20.5. The van der Waals surface area contributed by atoms with E-state index in [1.54, 1.807) is 32.9 Å². The summed E-state index contributed by atoms with van der Waals surface area (Å²) in [4.78, 5) is 48.6. The van der Waals surface area contributed by atoms with Crippen LogP contribution < -0.4 is 9.80 Å². The Morgan fingerprint density at radius 1 is 1.17 bits per heavy atom. The van der Waals surface area contributed by atoms with Crippen LogP contribution in [-0.2, 0) is 4.74 Å². The Morgan fingerprint density at radius 2 is 1.83 bits per heavy atom. The van der Waals surface area contributed by atoms with Crippen molar-refractivity contribution in [1.29, 1.82) is 0 Å². The fraction of sp³-hybridized carbons (Fsp3) is 0.478. The van der Waals surface area contributed by atoms with Gasteiger partial charge in [-0.25, -0.2) is 19.6 Å². The SMILES string of the molecule is CC(C)N(C(=O)OC(C)(C)C)c1cc(-c2cc([N+](=O)[O-])cc(N3CCN(C(=O)O)CC3)n2)ccn1. The van der Waals surface area contributed by atoms with Crippen molar-refractivity contribution in [2.75, 3.05) is 36.0 Å². The van der Waals surface area contributed by atoms with Crippen molar-refractivity contribution >= 4 is 29.5 Å². The van der Waals surface area contributed by atoms with Gasteiger partial charge in [0.15, 0.2) is 0 Å². The van der Waals surface area contributed by atoms with E-state index in [9.17, 15) is 24.8 Å². The van der Waals surface area contributed by atoms with E-state index in [0.29, 0.717) is 36.0 Å². The second kappa shape index (κ2) is 10.1. The summed E-state index contributed by atoms with van der Waals surface area (Å²) in [6.07, 6.45) is -0.0431. The highest BCUT2D eigenvalue weighted by Gasteiger charge is 2.27. The number of hydrogen-bond acceptors (Lipinski definition) is 8. The van der Waals surface area contributed by atoms with Crippen LogP contribution in [0, 0.1) is 10.1 Å². The van der Waals surface area contributed by atoms with E-state index in [1.807, 2.05) is 18.7 Å². The molecule has 2 aromatic rings. The molecule has 1 saturated heterocycles. The molecule has 0 aliphatic carbocycles. The van der Waals surface area contributed by atoms with Gasteiger partial charge in [0.25, 0.3) is 5.69 Å². The van der Waals surface area contributed by atoms with Gasteiger partial charge in [0.2, 0.25) is 0 Å². The first-order valence-electron chi connectivity index (χ1n) is 11.2. The lowest BCUT2D eigenvalue weighted by molar-refractivity contribution is -0.384. The third-order valence-corrected chi connectivity index (χ3v) is 5.28. The van der Waals surface area contributed by atoms with Gasteiger partial charge in [0, 0.05) is 50.0 Å². The van der Waals surface area contributed by atoms with Crippen molar-refractivity contribution in [3.05, 3.63) is 40.6 Å². The van der Waals surface area contributed by atoms with E-state index in [0.717, 1.165) is 0 Å². The van der Waals surface area contributed by atoms with Crippen LogP contribution in [0.3, 0.4) is 0 Å². The van der Waals surface area contributed by atoms with Crippen LogP contribution >= 0.6 is 0 Å². The number of piperazine rings is 1. The number of aromatic nitrogens is 2. The van der Waals surface area contributed by atoms with Crippen molar-refractivity contribution in [3.8, 4) is 11.3 Å². The molecule has 188 valence electrons. The zero-order valence-corrected chi connectivity index (χ0v) is 20.5. The molecule has 1 aliphatic rings. The third-order valence-electron chi connectivity index (χ3n) is 5.28. The average Bonchev–Trinajstić information content (AvgIpc) is 2.77. The molecule has 0 atom stereocenters. The number of nitrogens with zero attached hydrogens (tertiary/aromatic N) is 6. The van der Waals surface area contributed by atoms with Crippen LogP contribution in [0.1, 0.15) is 34.6 Å². The van der Waals surface area contributed by atoms with Crippen molar-refractivity contribution in [3.63, 3.8) is 0 Å². The highest BCUT2D eigenvalue weighted by molar-refractivity contribution is 5.88. The Hall–Kier alpha value is -3.96. The predicted octanol–water partition coefficient (Wildman–Crippen LogP) is 4.00. The number of pyridine rings is 2. The summed E-state index contributed by atoms with van der Waals surface area (Å²) in [5.41, 5.74) is 0.0461. The number of carboxylic acid groups (broad SMARTS) is 1. The Bertz CT molecular complexity index is 1110. The van der Waals surface area contributed by atoms with Gasteiger partial charge in [-0.2, -0.15) is 0 Å². The quantitative estimate of drug-likeness (QED) is 0.490. The zero-order chi connectivity index (χ0) is 25.9. The van der Waals surface area contributed by atoms with Gasteiger partial charge in [0.1, 0.15) is 17.2 Å². The van der Waals surface area contributed by atoms with Gasteiger partial charge in [-0.15, -0.1) is 0 Å². The number of carbonyl (C=O) groups excluding carboxylic acids is 1. The molecule has 0 aromatic carbocycles. The first-order chi connectivity index (χ1) is 16.4. The second-order valence-corrected chi connectivity index (χ2v) is 9.43. The standard InChI is InChI=1S/C23H30N6O6/c1-15(2)28(22(32)35-23(3,4)5)19-12-16(6-7-24-19)18-13-17(29(33)34)14-20(25-18)26-8-10-27(11-9-26)21(30)31/h6-7,12-15H,8-11H2,1-5H3,(H,30,31). The number of amides is 2. The van der Waals surface area contributed by atoms with Crippen LogP contribution in [0.4, 0.5) is 26.9 Å². The van der Waals surface area contributed by atoms with Crippen LogP contribution in [0.15, 0.2) is 30.5 Å². The monoisotopic (exact) mass is 486 g/mol. The molecule has 12 heteroatoms. The van der Waals surface area contributed by atoms with E-state index >= 15 is 0 Å². The highest BCUT2D eigenvalue weighted by Crippen LogP contribution is 2.30. The second-order valence-electron chi connectivity index (χ2n) is 9.43.